The minimum Gasteiger partial charge on any atom is -0.382 e. The molecule has 1 N–H and O–H groups in total. The van der Waals surface area contributed by atoms with Crippen molar-refractivity contribution < 1.29 is 9.47 Å². The molecule has 0 aromatic heterocycles. The van der Waals surface area contributed by atoms with Crippen LogP contribution >= 0.6 is 0 Å². The van der Waals surface area contributed by atoms with E-state index in [1.807, 2.05) is 0 Å². The summed E-state index contributed by atoms with van der Waals surface area (Å²) in [5.74, 6) is 0.911. The minimum atomic E-state index is 0.0203. The Morgan fingerprint density at radius 2 is 1.85 bits per heavy atom. The van der Waals surface area contributed by atoms with Gasteiger partial charge in [0.25, 0.3) is 0 Å². The molecule has 0 radical (unpaired) electrons. The summed E-state index contributed by atoms with van der Waals surface area (Å²) in [6, 6.07) is 0.515. The summed E-state index contributed by atoms with van der Waals surface area (Å²) in [4.78, 5) is 0. The zero-order chi connectivity index (χ0) is 15.0. The van der Waals surface area contributed by atoms with Gasteiger partial charge in [-0.25, -0.2) is 0 Å². The monoisotopic (exact) mass is 285 g/mol. The third-order valence-corrected chi connectivity index (χ3v) is 4.40. The van der Waals surface area contributed by atoms with E-state index < -0.39 is 0 Å². The van der Waals surface area contributed by atoms with E-state index in [1.54, 1.807) is 7.11 Å². The number of rotatable bonds is 9. The first-order valence-corrected chi connectivity index (χ1v) is 8.41. The standard InChI is InChI=1S/C17H35NO2/c1-6-7-16-8-10-17(11-9-16,13-18-14(2)3)20-15(4)12-19-5/h14-16,18H,6-13H2,1-5H3. The lowest BCUT2D eigenvalue weighted by atomic mass is 9.76. The van der Waals surface area contributed by atoms with E-state index in [-0.39, 0.29) is 11.7 Å². The van der Waals surface area contributed by atoms with Gasteiger partial charge in [0.15, 0.2) is 0 Å². The fraction of sp³-hybridized carbons (Fsp3) is 1.00. The fourth-order valence-electron chi connectivity index (χ4n) is 3.32. The number of methoxy groups -OCH3 is 1. The quantitative estimate of drug-likeness (QED) is 0.699. The first kappa shape index (κ1) is 17.9. The Labute approximate surface area is 125 Å². The molecular weight excluding hydrogens is 250 g/mol. The van der Waals surface area contributed by atoms with E-state index in [0.717, 1.165) is 12.5 Å². The Bertz CT molecular complexity index is 247. The molecule has 0 aromatic carbocycles. The Morgan fingerprint density at radius 1 is 1.20 bits per heavy atom. The van der Waals surface area contributed by atoms with Crippen molar-refractivity contribution in [3.63, 3.8) is 0 Å². The predicted molar refractivity (Wildman–Crippen MR) is 85.2 cm³/mol. The number of nitrogens with one attached hydrogen (secondary N) is 1. The largest absolute Gasteiger partial charge is 0.382 e. The molecule has 120 valence electrons. The van der Waals surface area contributed by atoms with E-state index in [2.05, 4.69) is 33.0 Å². The van der Waals surface area contributed by atoms with Crippen LogP contribution in [0.5, 0.6) is 0 Å². The molecule has 0 aromatic rings. The summed E-state index contributed by atoms with van der Waals surface area (Å²) in [6.07, 6.45) is 7.86. The van der Waals surface area contributed by atoms with Crippen molar-refractivity contribution in [1.29, 1.82) is 0 Å². The molecular formula is C17H35NO2. The van der Waals surface area contributed by atoms with Gasteiger partial charge in [-0.1, -0.05) is 33.6 Å². The van der Waals surface area contributed by atoms with Crippen LogP contribution in [-0.2, 0) is 9.47 Å². The molecule has 1 rings (SSSR count). The van der Waals surface area contributed by atoms with Crippen LogP contribution in [0.3, 0.4) is 0 Å². The molecule has 0 aliphatic heterocycles. The van der Waals surface area contributed by atoms with Gasteiger partial charge in [0.1, 0.15) is 0 Å². The second-order valence-electron chi connectivity index (χ2n) is 6.83. The Hall–Kier alpha value is -0.120. The van der Waals surface area contributed by atoms with Crippen LogP contribution in [0, 0.1) is 5.92 Å². The highest BCUT2D eigenvalue weighted by Crippen LogP contribution is 2.37. The summed E-state index contributed by atoms with van der Waals surface area (Å²) >= 11 is 0. The van der Waals surface area contributed by atoms with E-state index in [0.29, 0.717) is 12.6 Å². The van der Waals surface area contributed by atoms with Gasteiger partial charge in [0.2, 0.25) is 0 Å². The summed E-state index contributed by atoms with van der Waals surface area (Å²) in [5, 5.41) is 3.58. The van der Waals surface area contributed by atoms with Crippen molar-refractivity contribution in [3.05, 3.63) is 0 Å². The zero-order valence-electron chi connectivity index (χ0n) is 14.2. The van der Waals surface area contributed by atoms with Gasteiger partial charge < -0.3 is 14.8 Å². The molecule has 1 saturated carbocycles. The first-order chi connectivity index (χ1) is 9.51. The maximum Gasteiger partial charge on any atom is 0.0811 e. The molecule has 1 aliphatic rings. The van der Waals surface area contributed by atoms with Crippen molar-refractivity contribution in [1.82, 2.24) is 5.32 Å². The highest BCUT2D eigenvalue weighted by Gasteiger charge is 2.37. The van der Waals surface area contributed by atoms with Crippen molar-refractivity contribution in [3.8, 4) is 0 Å². The van der Waals surface area contributed by atoms with Crippen LogP contribution in [0.2, 0.25) is 0 Å². The van der Waals surface area contributed by atoms with Gasteiger partial charge in [-0.2, -0.15) is 0 Å². The SMILES string of the molecule is CCCC1CCC(CNC(C)C)(OC(C)COC)CC1. The highest BCUT2D eigenvalue weighted by molar-refractivity contribution is 4.90. The van der Waals surface area contributed by atoms with Gasteiger partial charge in [-0.15, -0.1) is 0 Å². The molecule has 0 bridgehead atoms. The average molecular weight is 285 g/mol. The van der Waals surface area contributed by atoms with Gasteiger partial charge in [-0.05, 0) is 38.5 Å². The van der Waals surface area contributed by atoms with E-state index in [1.165, 1.54) is 38.5 Å². The smallest absolute Gasteiger partial charge is 0.0811 e. The van der Waals surface area contributed by atoms with Gasteiger partial charge >= 0.3 is 0 Å². The van der Waals surface area contributed by atoms with Crippen LogP contribution in [0.1, 0.15) is 66.2 Å². The summed E-state index contributed by atoms with van der Waals surface area (Å²) in [5.41, 5.74) is 0.0203. The molecule has 0 saturated heterocycles. The second-order valence-corrected chi connectivity index (χ2v) is 6.83. The first-order valence-electron chi connectivity index (χ1n) is 8.41. The molecule has 1 aliphatic carbocycles. The third kappa shape index (κ3) is 6.11. The van der Waals surface area contributed by atoms with E-state index >= 15 is 0 Å². The van der Waals surface area contributed by atoms with Crippen LogP contribution in [0.25, 0.3) is 0 Å². The van der Waals surface area contributed by atoms with Gasteiger partial charge in [-0.3, -0.25) is 0 Å². The Balaban J connectivity index is 2.56. The van der Waals surface area contributed by atoms with Crippen molar-refractivity contribution in [2.45, 2.75) is 84.0 Å². The predicted octanol–water partition coefficient (Wildman–Crippen LogP) is 3.77. The van der Waals surface area contributed by atoms with Crippen LogP contribution < -0.4 is 5.32 Å². The highest BCUT2D eigenvalue weighted by atomic mass is 16.5. The lowest BCUT2D eigenvalue weighted by Crippen LogP contribution is -2.49. The molecule has 1 atom stereocenters. The summed E-state index contributed by atoms with van der Waals surface area (Å²) < 4.78 is 11.6. The van der Waals surface area contributed by atoms with Gasteiger partial charge in [0.05, 0.1) is 18.3 Å². The Morgan fingerprint density at radius 3 is 2.35 bits per heavy atom. The van der Waals surface area contributed by atoms with Crippen LogP contribution in [-0.4, -0.2) is 38.0 Å². The van der Waals surface area contributed by atoms with Crippen LogP contribution in [0.15, 0.2) is 0 Å². The van der Waals surface area contributed by atoms with Crippen molar-refractivity contribution >= 4 is 0 Å². The minimum absolute atomic E-state index is 0.0203. The maximum absolute atomic E-state index is 6.41. The van der Waals surface area contributed by atoms with E-state index in [4.69, 9.17) is 9.47 Å². The van der Waals surface area contributed by atoms with Crippen LogP contribution in [0.4, 0.5) is 0 Å². The van der Waals surface area contributed by atoms with E-state index in [9.17, 15) is 0 Å². The Kier molecular flexibility index (Phi) is 8.08. The lowest BCUT2D eigenvalue weighted by Gasteiger charge is -2.42. The summed E-state index contributed by atoms with van der Waals surface area (Å²) in [7, 11) is 1.75. The molecule has 0 amide bonds. The molecule has 20 heavy (non-hydrogen) atoms. The lowest BCUT2D eigenvalue weighted by molar-refractivity contribution is -0.128. The summed E-state index contributed by atoms with van der Waals surface area (Å²) in [6.45, 7) is 10.5. The third-order valence-electron chi connectivity index (χ3n) is 4.40. The number of hydrogen-bond acceptors (Lipinski definition) is 3. The fourth-order valence-corrected chi connectivity index (χ4v) is 3.32. The number of ether oxygens (including phenoxy) is 2. The average Bonchev–Trinajstić information content (AvgIpc) is 2.40. The topological polar surface area (TPSA) is 30.5 Å². The van der Waals surface area contributed by atoms with Gasteiger partial charge in [0, 0.05) is 19.7 Å². The second kappa shape index (κ2) is 9.01. The molecule has 1 fully saturated rings. The molecule has 3 nitrogen and oxygen atoms in total. The molecule has 1 unspecified atom stereocenters. The molecule has 0 heterocycles. The maximum atomic E-state index is 6.41. The molecule has 0 spiro atoms. The van der Waals surface area contributed by atoms with Crippen molar-refractivity contribution in [2.75, 3.05) is 20.3 Å². The zero-order valence-corrected chi connectivity index (χ0v) is 14.2. The normalized spacial score (nSPS) is 28.8. The van der Waals surface area contributed by atoms with Crippen molar-refractivity contribution in [2.24, 2.45) is 5.92 Å². The molecule has 3 heteroatoms. The number of hydrogen-bond donors (Lipinski definition) is 1.